The van der Waals surface area contributed by atoms with E-state index in [0.29, 0.717) is 12.1 Å². The highest BCUT2D eigenvalue weighted by Crippen LogP contribution is 2.30. The molecule has 104 valence electrons. The molecule has 3 heteroatoms. The summed E-state index contributed by atoms with van der Waals surface area (Å²) in [5.74, 6) is 0. The van der Waals surface area contributed by atoms with E-state index in [4.69, 9.17) is 10.5 Å². The van der Waals surface area contributed by atoms with E-state index < -0.39 is 0 Å². The fourth-order valence-electron chi connectivity index (χ4n) is 3.64. The van der Waals surface area contributed by atoms with Gasteiger partial charge in [0.05, 0.1) is 6.10 Å². The molecule has 0 radical (unpaired) electrons. The van der Waals surface area contributed by atoms with Crippen molar-refractivity contribution in [2.24, 2.45) is 0 Å². The predicted molar refractivity (Wildman–Crippen MR) is 78.0 cm³/mol. The van der Waals surface area contributed by atoms with Crippen LogP contribution in [0.2, 0.25) is 0 Å². The van der Waals surface area contributed by atoms with Crippen LogP contribution in [0.1, 0.15) is 36.8 Å². The molecule has 1 aromatic rings. The lowest BCUT2D eigenvalue weighted by atomic mass is 9.89. The normalized spacial score (nSPS) is 28.1. The second kappa shape index (κ2) is 5.51. The van der Waals surface area contributed by atoms with Crippen molar-refractivity contribution in [2.45, 2.75) is 50.8 Å². The SMILES string of the molecule is COC1CCCC(N2CCc3c(N)cccc3C2)C1. The Hall–Kier alpha value is -1.06. The van der Waals surface area contributed by atoms with Gasteiger partial charge in [-0.3, -0.25) is 4.90 Å². The number of methoxy groups -OCH3 is 1. The number of anilines is 1. The average molecular weight is 260 g/mol. The number of hydrogen-bond acceptors (Lipinski definition) is 3. The Kier molecular flexibility index (Phi) is 3.76. The number of fused-ring (bicyclic) bond motifs is 1. The predicted octanol–water partition coefficient (Wildman–Crippen LogP) is 2.58. The van der Waals surface area contributed by atoms with Crippen molar-refractivity contribution >= 4 is 5.69 Å². The maximum atomic E-state index is 6.07. The quantitative estimate of drug-likeness (QED) is 0.831. The molecule has 3 rings (SSSR count). The molecule has 2 aliphatic rings. The zero-order valence-electron chi connectivity index (χ0n) is 11.8. The lowest BCUT2D eigenvalue weighted by Crippen LogP contribution is -2.43. The van der Waals surface area contributed by atoms with Crippen molar-refractivity contribution in [3.8, 4) is 0 Å². The molecule has 1 aliphatic carbocycles. The first-order valence-corrected chi connectivity index (χ1v) is 7.41. The van der Waals surface area contributed by atoms with Crippen LogP contribution in [-0.2, 0) is 17.7 Å². The summed E-state index contributed by atoms with van der Waals surface area (Å²) < 4.78 is 5.55. The minimum absolute atomic E-state index is 0.459. The molecule has 3 nitrogen and oxygen atoms in total. The largest absolute Gasteiger partial charge is 0.398 e. The molecule has 1 fully saturated rings. The Bertz CT molecular complexity index is 446. The fraction of sp³-hybridized carbons (Fsp3) is 0.625. The van der Waals surface area contributed by atoms with Gasteiger partial charge < -0.3 is 10.5 Å². The van der Waals surface area contributed by atoms with E-state index in [2.05, 4.69) is 17.0 Å². The minimum Gasteiger partial charge on any atom is -0.398 e. The number of benzene rings is 1. The Morgan fingerprint density at radius 1 is 1.32 bits per heavy atom. The third-order valence-electron chi connectivity index (χ3n) is 4.78. The van der Waals surface area contributed by atoms with Crippen LogP contribution in [0.3, 0.4) is 0 Å². The van der Waals surface area contributed by atoms with Crippen LogP contribution in [0.15, 0.2) is 18.2 Å². The molecular formula is C16H24N2O. The number of ether oxygens (including phenoxy) is 1. The molecule has 19 heavy (non-hydrogen) atoms. The summed E-state index contributed by atoms with van der Waals surface area (Å²) >= 11 is 0. The van der Waals surface area contributed by atoms with Gasteiger partial charge in [0.15, 0.2) is 0 Å². The summed E-state index contributed by atoms with van der Waals surface area (Å²) in [4.78, 5) is 2.63. The first-order valence-electron chi connectivity index (χ1n) is 7.41. The summed E-state index contributed by atoms with van der Waals surface area (Å²) in [5, 5.41) is 0. The Balaban J connectivity index is 1.71. The summed E-state index contributed by atoms with van der Waals surface area (Å²) in [6, 6.07) is 7.02. The van der Waals surface area contributed by atoms with E-state index in [-0.39, 0.29) is 0 Å². The van der Waals surface area contributed by atoms with Crippen LogP contribution in [0.25, 0.3) is 0 Å². The number of nitrogens with two attached hydrogens (primary N) is 1. The van der Waals surface area contributed by atoms with E-state index >= 15 is 0 Å². The number of nitrogens with zero attached hydrogens (tertiary/aromatic N) is 1. The van der Waals surface area contributed by atoms with Gasteiger partial charge in [-0.25, -0.2) is 0 Å². The first kappa shape index (κ1) is 12.9. The Morgan fingerprint density at radius 3 is 3.05 bits per heavy atom. The summed E-state index contributed by atoms with van der Waals surface area (Å²) in [6.07, 6.45) is 6.58. The van der Waals surface area contributed by atoms with Crippen LogP contribution in [0, 0.1) is 0 Å². The van der Waals surface area contributed by atoms with Crippen molar-refractivity contribution in [3.63, 3.8) is 0 Å². The van der Waals surface area contributed by atoms with Gasteiger partial charge in [-0.1, -0.05) is 12.1 Å². The van der Waals surface area contributed by atoms with Gasteiger partial charge in [0.1, 0.15) is 0 Å². The molecule has 2 unspecified atom stereocenters. The number of nitrogen functional groups attached to an aromatic ring is 1. The van der Waals surface area contributed by atoms with Crippen LogP contribution >= 0.6 is 0 Å². The molecule has 2 N–H and O–H groups in total. The topological polar surface area (TPSA) is 38.5 Å². The average Bonchev–Trinajstić information content (AvgIpc) is 2.47. The minimum atomic E-state index is 0.459. The Morgan fingerprint density at radius 2 is 2.21 bits per heavy atom. The van der Waals surface area contributed by atoms with Gasteiger partial charge in [-0.15, -0.1) is 0 Å². The number of rotatable bonds is 2. The summed E-state index contributed by atoms with van der Waals surface area (Å²) in [6.45, 7) is 2.20. The van der Waals surface area contributed by atoms with Gasteiger partial charge in [0.25, 0.3) is 0 Å². The highest BCUT2D eigenvalue weighted by atomic mass is 16.5. The lowest BCUT2D eigenvalue weighted by molar-refractivity contribution is 0.0240. The zero-order chi connectivity index (χ0) is 13.2. The van der Waals surface area contributed by atoms with Crippen molar-refractivity contribution in [1.29, 1.82) is 0 Å². The molecule has 0 bridgehead atoms. The van der Waals surface area contributed by atoms with Gasteiger partial charge in [-0.05, 0) is 49.3 Å². The number of hydrogen-bond donors (Lipinski definition) is 1. The van der Waals surface area contributed by atoms with E-state index in [1.165, 1.54) is 36.8 Å². The van der Waals surface area contributed by atoms with Crippen molar-refractivity contribution in [1.82, 2.24) is 4.90 Å². The molecule has 1 heterocycles. The van der Waals surface area contributed by atoms with E-state index in [9.17, 15) is 0 Å². The maximum absolute atomic E-state index is 6.07. The van der Waals surface area contributed by atoms with Crippen LogP contribution in [-0.4, -0.2) is 30.7 Å². The standard InChI is InChI=1S/C16H24N2O/c1-19-14-6-3-5-13(10-14)18-9-8-15-12(11-18)4-2-7-16(15)17/h2,4,7,13-14H,3,5-6,8-11,17H2,1H3. The smallest absolute Gasteiger partial charge is 0.0586 e. The molecule has 1 aliphatic heterocycles. The maximum Gasteiger partial charge on any atom is 0.0586 e. The van der Waals surface area contributed by atoms with Gasteiger partial charge in [0, 0.05) is 31.9 Å². The molecular weight excluding hydrogens is 236 g/mol. The van der Waals surface area contributed by atoms with Gasteiger partial charge in [-0.2, -0.15) is 0 Å². The third kappa shape index (κ3) is 2.63. The molecule has 1 saturated carbocycles. The summed E-state index contributed by atoms with van der Waals surface area (Å²) in [7, 11) is 1.85. The molecule has 0 spiro atoms. The highest BCUT2D eigenvalue weighted by Gasteiger charge is 2.29. The highest BCUT2D eigenvalue weighted by molar-refractivity contribution is 5.51. The Labute approximate surface area is 115 Å². The lowest BCUT2D eigenvalue weighted by Gasteiger charge is -2.39. The van der Waals surface area contributed by atoms with Crippen LogP contribution in [0.4, 0.5) is 5.69 Å². The molecule has 0 amide bonds. The third-order valence-corrected chi connectivity index (χ3v) is 4.78. The molecule has 2 atom stereocenters. The molecule has 0 aromatic heterocycles. The first-order chi connectivity index (χ1) is 9.28. The van der Waals surface area contributed by atoms with Gasteiger partial charge >= 0.3 is 0 Å². The molecule has 0 saturated heterocycles. The monoisotopic (exact) mass is 260 g/mol. The van der Waals surface area contributed by atoms with Crippen molar-refractivity contribution in [2.75, 3.05) is 19.4 Å². The summed E-state index contributed by atoms with van der Waals surface area (Å²) in [5.41, 5.74) is 9.83. The fourth-order valence-corrected chi connectivity index (χ4v) is 3.64. The van der Waals surface area contributed by atoms with E-state index in [1.54, 1.807) is 0 Å². The molecule has 1 aromatic carbocycles. The van der Waals surface area contributed by atoms with Crippen molar-refractivity contribution < 1.29 is 4.74 Å². The van der Waals surface area contributed by atoms with Gasteiger partial charge in [0.2, 0.25) is 0 Å². The van der Waals surface area contributed by atoms with Crippen LogP contribution in [0.5, 0.6) is 0 Å². The zero-order valence-corrected chi connectivity index (χ0v) is 11.8. The van der Waals surface area contributed by atoms with E-state index in [1.807, 2.05) is 13.2 Å². The second-order valence-electron chi connectivity index (χ2n) is 5.88. The second-order valence-corrected chi connectivity index (χ2v) is 5.88. The van der Waals surface area contributed by atoms with Crippen LogP contribution < -0.4 is 5.73 Å². The van der Waals surface area contributed by atoms with E-state index in [0.717, 1.165) is 25.2 Å². The van der Waals surface area contributed by atoms with Crippen molar-refractivity contribution in [3.05, 3.63) is 29.3 Å².